The maximum atomic E-state index is 12.4. The second-order valence-electron chi connectivity index (χ2n) is 5.50. The summed E-state index contributed by atoms with van der Waals surface area (Å²) in [5, 5.41) is 3.40. The zero-order chi connectivity index (χ0) is 14.8. The van der Waals surface area contributed by atoms with Gasteiger partial charge in [-0.2, -0.15) is 4.31 Å². The van der Waals surface area contributed by atoms with Gasteiger partial charge < -0.3 is 5.32 Å². The predicted molar refractivity (Wildman–Crippen MR) is 81.1 cm³/mol. The molecule has 0 saturated heterocycles. The lowest BCUT2D eigenvalue weighted by molar-refractivity contribution is 0.464. The molecular weight excluding hydrogens is 272 g/mol. The van der Waals surface area contributed by atoms with E-state index in [9.17, 15) is 8.42 Å². The van der Waals surface area contributed by atoms with Gasteiger partial charge in [0.05, 0.1) is 4.90 Å². The highest BCUT2D eigenvalue weighted by Crippen LogP contribution is 2.30. The number of nitrogens with zero attached hydrogens (tertiary/aromatic N) is 1. The Morgan fingerprint density at radius 2 is 1.90 bits per heavy atom. The molecule has 1 atom stereocenters. The van der Waals surface area contributed by atoms with Crippen LogP contribution in [0.5, 0.6) is 0 Å². The normalized spacial score (nSPS) is 17.4. The molecule has 0 aliphatic heterocycles. The number of benzene rings is 1. The van der Waals surface area contributed by atoms with Crippen molar-refractivity contribution >= 4 is 10.0 Å². The summed E-state index contributed by atoms with van der Waals surface area (Å²) in [7, 11) is -1.65. The summed E-state index contributed by atoms with van der Waals surface area (Å²) in [6.07, 6.45) is 3.04. The van der Waals surface area contributed by atoms with Crippen molar-refractivity contribution in [1.82, 2.24) is 9.62 Å². The summed E-state index contributed by atoms with van der Waals surface area (Å²) < 4.78 is 26.3. The number of sulfonamides is 1. The second kappa shape index (κ2) is 6.24. The molecule has 0 aromatic heterocycles. The summed E-state index contributed by atoms with van der Waals surface area (Å²) in [4.78, 5) is 0.387. The number of hydrogen-bond acceptors (Lipinski definition) is 3. The minimum Gasteiger partial charge on any atom is -0.310 e. The Bertz CT molecular complexity index is 535. The van der Waals surface area contributed by atoms with E-state index in [2.05, 4.69) is 19.2 Å². The quantitative estimate of drug-likeness (QED) is 0.841. The fourth-order valence-corrected chi connectivity index (χ4v) is 3.62. The van der Waals surface area contributed by atoms with Gasteiger partial charge in [0, 0.05) is 19.1 Å². The van der Waals surface area contributed by atoms with Crippen LogP contribution in [0.1, 0.15) is 44.7 Å². The fourth-order valence-electron chi connectivity index (χ4n) is 2.21. The van der Waals surface area contributed by atoms with Gasteiger partial charge in [-0.25, -0.2) is 8.42 Å². The van der Waals surface area contributed by atoms with Crippen molar-refractivity contribution in [3.05, 3.63) is 29.8 Å². The molecule has 0 amide bonds. The van der Waals surface area contributed by atoms with Crippen LogP contribution in [-0.2, 0) is 10.0 Å². The first-order valence-electron chi connectivity index (χ1n) is 7.28. The largest absolute Gasteiger partial charge is 0.310 e. The van der Waals surface area contributed by atoms with Crippen LogP contribution in [0, 0.1) is 0 Å². The average molecular weight is 296 g/mol. The first-order chi connectivity index (χ1) is 9.46. The Morgan fingerprint density at radius 1 is 1.30 bits per heavy atom. The molecule has 4 nitrogen and oxygen atoms in total. The Labute approximate surface area is 122 Å². The van der Waals surface area contributed by atoms with E-state index in [1.807, 2.05) is 12.1 Å². The molecule has 1 aromatic rings. The topological polar surface area (TPSA) is 49.4 Å². The molecule has 1 aliphatic rings. The van der Waals surface area contributed by atoms with Gasteiger partial charge in [0.1, 0.15) is 0 Å². The number of nitrogens with one attached hydrogen (secondary N) is 1. The predicted octanol–water partition coefficient (Wildman–Crippen LogP) is 2.53. The molecule has 1 saturated carbocycles. The van der Waals surface area contributed by atoms with Crippen LogP contribution in [-0.4, -0.2) is 32.4 Å². The minimum absolute atomic E-state index is 0.199. The smallest absolute Gasteiger partial charge is 0.243 e. The molecule has 0 radical (unpaired) electrons. The highest BCUT2D eigenvalue weighted by Gasteiger charge is 2.34. The van der Waals surface area contributed by atoms with Crippen molar-refractivity contribution in [2.75, 3.05) is 13.6 Å². The summed E-state index contributed by atoms with van der Waals surface area (Å²) in [6.45, 7) is 5.18. The number of rotatable bonds is 7. The summed E-state index contributed by atoms with van der Waals surface area (Å²) in [6, 6.07) is 7.68. The Hall–Kier alpha value is -0.910. The van der Waals surface area contributed by atoms with E-state index in [0.29, 0.717) is 4.90 Å². The van der Waals surface area contributed by atoms with E-state index in [4.69, 9.17) is 0 Å². The van der Waals surface area contributed by atoms with Crippen molar-refractivity contribution in [3.63, 3.8) is 0 Å². The lowest BCUT2D eigenvalue weighted by Crippen LogP contribution is -2.29. The third-order valence-electron chi connectivity index (χ3n) is 3.82. The van der Waals surface area contributed by atoms with Gasteiger partial charge in [-0.1, -0.05) is 19.1 Å². The zero-order valence-corrected chi connectivity index (χ0v) is 13.3. The molecule has 5 heteroatoms. The van der Waals surface area contributed by atoms with Crippen molar-refractivity contribution in [3.8, 4) is 0 Å². The molecule has 0 spiro atoms. The number of hydrogen-bond donors (Lipinski definition) is 1. The van der Waals surface area contributed by atoms with E-state index in [1.54, 1.807) is 19.2 Å². The minimum atomic E-state index is -3.32. The highest BCUT2D eigenvalue weighted by atomic mass is 32.2. The summed E-state index contributed by atoms with van der Waals surface area (Å²) in [5.74, 6) is 0. The SMILES string of the molecule is CCCNC(C)c1ccc(S(=O)(=O)N(C)C2CC2)cc1. The van der Waals surface area contributed by atoms with Gasteiger partial charge in [-0.15, -0.1) is 0 Å². The first-order valence-corrected chi connectivity index (χ1v) is 8.72. The molecule has 1 N–H and O–H groups in total. The van der Waals surface area contributed by atoms with Crippen molar-refractivity contribution in [2.24, 2.45) is 0 Å². The summed E-state index contributed by atoms with van der Waals surface area (Å²) in [5.41, 5.74) is 1.12. The van der Waals surface area contributed by atoms with Crippen LogP contribution in [0.25, 0.3) is 0 Å². The van der Waals surface area contributed by atoms with Gasteiger partial charge in [-0.3, -0.25) is 0 Å². The lowest BCUT2D eigenvalue weighted by Gasteiger charge is -2.18. The highest BCUT2D eigenvalue weighted by molar-refractivity contribution is 7.89. The third-order valence-corrected chi connectivity index (χ3v) is 5.74. The van der Waals surface area contributed by atoms with Gasteiger partial charge in [0.25, 0.3) is 0 Å². The van der Waals surface area contributed by atoms with E-state index in [-0.39, 0.29) is 12.1 Å². The monoisotopic (exact) mass is 296 g/mol. The van der Waals surface area contributed by atoms with Crippen molar-refractivity contribution in [2.45, 2.75) is 50.1 Å². The van der Waals surface area contributed by atoms with E-state index in [1.165, 1.54) is 4.31 Å². The van der Waals surface area contributed by atoms with Crippen molar-refractivity contribution < 1.29 is 8.42 Å². The molecule has 1 unspecified atom stereocenters. The van der Waals surface area contributed by atoms with Gasteiger partial charge in [0.2, 0.25) is 10.0 Å². The van der Waals surface area contributed by atoms with Crippen LogP contribution in [0.15, 0.2) is 29.2 Å². The maximum Gasteiger partial charge on any atom is 0.243 e. The van der Waals surface area contributed by atoms with E-state index in [0.717, 1.165) is 31.4 Å². The molecule has 1 aliphatic carbocycles. The van der Waals surface area contributed by atoms with Crippen LogP contribution in [0.2, 0.25) is 0 Å². The van der Waals surface area contributed by atoms with Gasteiger partial charge >= 0.3 is 0 Å². The zero-order valence-electron chi connectivity index (χ0n) is 12.5. The summed E-state index contributed by atoms with van der Waals surface area (Å²) >= 11 is 0. The molecule has 0 bridgehead atoms. The Balaban J connectivity index is 2.11. The maximum absolute atomic E-state index is 12.4. The van der Waals surface area contributed by atoms with Crippen LogP contribution in [0.4, 0.5) is 0 Å². The third kappa shape index (κ3) is 3.40. The Morgan fingerprint density at radius 3 is 2.40 bits per heavy atom. The molecule has 1 aromatic carbocycles. The van der Waals surface area contributed by atoms with Crippen LogP contribution < -0.4 is 5.32 Å². The standard InChI is InChI=1S/C15H24N2O2S/c1-4-11-16-12(2)13-5-9-15(10-6-13)20(18,19)17(3)14-7-8-14/h5-6,9-10,12,14,16H,4,7-8,11H2,1-3H3. The Kier molecular flexibility index (Phi) is 4.83. The molecule has 0 heterocycles. The van der Waals surface area contributed by atoms with Gasteiger partial charge in [0.15, 0.2) is 0 Å². The van der Waals surface area contributed by atoms with Crippen molar-refractivity contribution in [1.29, 1.82) is 0 Å². The van der Waals surface area contributed by atoms with E-state index >= 15 is 0 Å². The average Bonchev–Trinajstić information content (AvgIpc) is 3.28. The fraction of sp³-hybridized carbons (Fsp3) is 0.600. The van der Waals surface area contributed by atoms with Gasteiger partial charge in [-0.05, 0) is 50.4 Å². The van der Waals surface area contributed by atoms with E-state index < -0.39 is 10.0 Å². The van der Waals surface area contributed by atoms with Crippen LogP contribution in [0.3, 0.4) is 0 Å². The molecular formula is C15H24N2O2S. The first kappa shape index (κ1) is 15.5. The van der Waals surface area contributed by atoms with Crippen LogP contribution >= 0.6 is 0 Å². The molecule has 2 rings (SSSR count). The molecule has 1 fully saturated rings. The lowest BCUT2D eigenvalue weighted by atomic mass is 10.1. The molecule has 20 heavy (non-hydrogen) atoms. The molecule has 112 valence electrons. The second-order valence-corrected chi connectivity index (χ2v) is 7.49.